The van der Waals surface area contributed by atoms with Crippen LogP contribution in [-0.2, 0) is 4.84 Å². The monoisotopic (exact) mass is 165 g/mol. The van der Waals surface area contributed by atoms with E-state index in [-0.39, 0.29) is 18.8 Å². The Bertz CT molecular complexity index is 151. The minimum atomic E-state index is -2.57. The van der Waals surface area contributed by atoms with Crippen molar-refractivity contribution >= 4 is 0 Å². The third-order valence-corrected chi connectivity index (χ3v) is 2.40. The fraction of sp³-hybridized carbons (Fsp3) is 1.00. The molecule has 0 radical (unpaired) electrons. The average molecular weight is 165 g/mol. The van der Waals surface area contributed by atoms with E-state index in [2.05, 4.69) is 4.84 Å². The Balaban J connectivity index is 2.57. The molecule has 0 saturated heterocycles. The predicted molar refractivity (Wildman–Crippen MR) is 37.0 cm³/mol. The van der Waals surface area contributed by atoms with Gasteiger partial charge in [0.25, 0.3) is 5.92 Å². The molecule has 0 bridgehead atoms. The van der Waals surface area contributed by atoms with E-state index in [1.54, 1.807) is 0 Å². The van der Waals surface area contributed by atoms with E-state index in [4.69, 9.17) is 5.90 Å². The summed E-state index contributed by atoms with van der Waals surface area (Å²) in [5.41, 5.74) is -0.774. The Labute approximate surface area is 64.7 Å². The van der Waals surface area contributed by atoms with E-state index >= 15 is 0 Å². The van der Waals surface area contributed by atoms with Crippen molar-refractivity contribution in [2.75, 3.05) is 0 Å². The van der Waals surface area contributed by atoms with Crippen LogP contribution in [0.5, 0.6) is 0 Å². The molecule has 0 heterocycles. The van der Waals surface area contributed by atoms with Gasteiger partial charge in [0, 0.05) is 12.8 Å². The Morgan fingerprint density at radius 1 is 1.36 bits per heavy atom. The van der Waals surface area contributed by atoms with Crippen molar-refractivity contribution in [3.63, 3.8) is 0 Å². The van der Waals surface area contributed by atoms with Crippen LogP contribution in [0.2, 0.25) is 0 Å². The number of halogens is 2. The summed E-state index contributed by atoms with van der Waals surface area (Å²) in [7, 11) is 0. The number of hydrogen-bond donors (Lipinski definition) is 1. The van der Waals surface area contributed by atoms with Crippen LogP contribution in [0.15, 0.2) is 0 Å². The van der Waals surface area contributed by atoms with Crippen molar-refractivity contribution < 1.29 is 13.6 Å². The van der Waals surface area contributed by atoms with Gasteiger partial charge in [0.05, 0.1) is 0 Å². The van der Waals surface area contributed by atoms with Gasteiger partial charge in [-0.15, -0.1) is 0 Å². The summed E-state index contributed by atoms with van der Waals surface area (Å²) in [6, 6.07) is 0. The van der Waals surface area contributed by atoms with Gasteiger partial charge in [-0.2, -0.15) is 0 Å². The molecular weight excluding hydrogens is 152 g/mol. The van der Waals surface area contributed by atoms with E-state index < -0.39 is 11.5 Å². The molecule has 0 aromatic heterocycles. The van der Waals surface area contributed by atoms with Crippen LogP contribution in [0.1, 0.15) is 26.7 Å². The Hall–Kier alpha value is -0.220. The second kappa shape index (κ2) is 2.38. The topological polar surface area (TPSA) is 35.2 Å². The minimum Gasteiger partial charge on any atom is -0.297 e. The van der Waals surface area contributed by atoms with Crippen LogP contribution in [0, 0.1) is 5.92 Å². The Morgan fingerprint density at radius 3 is 1.91 bits per heavy atom. The van der Waals surface area contributed by atoms with Gasteiger partial charge in [-0.25, -0.2) is 14.7 Å². The predicted octanol–water partition coefficient (Wildman–Crippen LogP) is 1.70. The molecule has 0 amide bonds. The Morgan fingerprint density at radius 2 is 1.82 bits per heavy atom. The second-order valence-electron chi connectivity index (χ2n) is 3.55. The van der Waals surface area contributed by atoms with E-state index in [0.29, 0.717) is 0 Å². The first-order valence-corrected chi connectivity index (χ1v) is 3.68. The second-order valence-corrected chi connectivity index (χ2v) is 3.55. The molecule has 0 unspecified atom stereocenters. The Kier molecular flexibility index (Phi) is 1.92. The molecular formula is C7H13F2NO. The summed E-state index contributed by atoms with van der Waals surface area (Å²) in [4.78, 5) is 4.59. The maximum absolute atomic E-state index is 12.4. The lowest BCUT2D eigenvalue weighted by Crippen LogP contribution is -2.58. The van der Waals surface area contributed by atoms with Crippen molar-refractivity contribution in [1.29, 1.82) is 0 Å². The fourth-order valence-electron chi connectivity index (χ4n) is 1.45. The van der Waals surface area contributed by atoms with Gasteiger partial charge < -0.3 is 0 Å². The van der Waals surface area contributed by atoms with Crippen molar-refractivity contribution in [2.45, 2.75) is 38.2 Å². The molecule has 1 rings (SSSR count). The molecule has 0 aliphatic heterocycles. The van der Waals surface area contributed by atoms with Gasteiger partial charge >= 0.3 is 0 Å². The van der Waals surface area contributed by atoms with Gasteiger partial charge in [0.2, 0.25) is 0 Å². The first-order chi connectivity index (χ1) is 4.92. The number of alkyl halides is 2. The lowest BCUT2D eigenvalue weighted by molar-refractivity contribution is -0.248. The first kappa shape index (κ1) is 8.87. The highest BCUT2D eigenvalue weighted by Crippen LogP contribution is 2.50. The van der Waals surface area contributed by atoms with Crippen LogP contribution >= 0.6 is 0 Å². The van der Waals surface area contributed by atoms with Gasteiger partial charge in [0.15, 0.2) is 0 Å². The molecule has 0 spiro atoms. The van der Waals surface area contributed by atoms with Crippen LogP contribution in [0.25, 0.3) is 0 Å². The lowest BCUT2D eigenvalue weighted by atomic mass is 9.70. The van der Waals surface area contributed by atoms with Crippen LogP contribution in [-0.4, -0.2) is 11.5 Å². The lowest BCUT2D eigenvalue weighted by Gasteiger charge is -2.47. The zero-order chi connectivity index (χ0) is 8.70. The summed E-state index contributed by atoms with van der Waals surface area (Å²) in [6.45, 7) is 3.67. The largest absolute Gasteiger partial charge is 0.297 e. The zero-order valence-electron chi connectivity index (χ0n) is 6.73. The average Bonchev–Trinajstić information content (AvgIpc) is 1.81. The number of rotatable bonds is 2. The van der Waals surface area contributed by atoms with E-state index in [9.17, 15) is 8.78 Å². The third kappa shape index (κ3) is 1.37. The van der Waals surface area contributed by atoms with Crippen LogP contribution in [0.3, 0.4) is 0 Å². The van der Waals surface area contributed by atoms with Crippen LogP contribution < -0.4 is 5.90 Å². The molecule has 4 heteroatoms. The molecule has 0 aromatic rings. The summed E-state index contributed by atoms with van der Waals surface area (Å²) in [6.07, 6.45) is -0.484. The van der Waals surface area contributed by atoms with E-state index in [1.165, 1.54) is 0 Å². The molecule has 66 valence electrons. The molecule has 1 fully saturated rings. The molecule has 2 N–H and O–H groups in total. The molecule has 1 aliphatic rings. The van der Waals surface area contributed by atoms with Gasteiger partial charge in [-0.3, -0.25) is 4.84 Å². The summed E-state index contributed by atoms with van der Waals surface area (Å²) >= 11 is 0. The van der Waals surface area contributed by atoms with Crippen LogP contribution in [0.4, 0.5) is 8.78 Å². The minimum absolute atomic E-state index is 0.0483. The maximum Gasteiger partial charge on any atom is 0.253 e. The zero-order valence-corrected chi connectivity index (χ0v) is 6.73. The van der Waals surface area contributed by atoms with Crippen molar-refractivity contribution in [3.8, 4) is 0 Å². The molecule has 2 nitrogen and oxygen atoms in total. The SMILES string of the molecule is CC(C)C1(ON)CC(F)(F)C1. The fourth-order valence-corrected chi connectivity index (χ4v) is 1.45. The highest BCUT2D eigenvalue weighted by atomic mass is 19.3. The smallest absolute Gasteiger partial charge is 0.253 e. The summed E-state index contributed by atoms with van der Waals surface area (Å²) < 4.78 is 24.9. The normalized spacial score (nSPS) is 26.7. The van der Waals surface area contributed by atoms with Gasteiger partial charge in [0.1, 0.15) is 5.60 Å². The molecule has 1 aliphatic carbocycles. The quantitative estimate of drug-likeness (QED) is 0.632. The number of nitrogens with two attached hydrogens (primary N) is 1. The van der Waals surface area contributed by atoms with Crippen molar-refractivity contribution in [2.24, 2.45) is 11.8 Å². The maximum atomic E-state index is 12.4. The highest BCUT2D eigenvalue weighted by molar-refractivity contribution is 5.02. The molecule has 0 atom stereocenters. The van der Waals surface area contributed by atoms with Crippen molar-refractivity contribution in [1.82, 2.24) is 0 Å². The third-order valence-electron chi connectivity index (χ3n) is 2.40. The summed E-state index contributed by atoms with van der Waals surface area (Å²) in [5.74, 6) is 2.44. The number of hydrogen-bond acceptors (Lipinski definition) is 2. The summed E-state index contributed by atoms with van der Waals surface area (Å²) in [5, 5.41) is 0. The molecule has 0 aromatic carbocycles. The standard InChI is InChI=1S/C7H13F2NO/c1-5(2)6(11-10)3-7(8,9)4-6/h5H,3-4,10H2,1-2H3. The molecule has 1 saturated carbocycles. The van der Waals surface area contributed by atoms with E-state index in [0.717, 1.165) is 0 Å². The first-order valence-electron chi connectivity index (χ1n) is 3.68. The van der Waals surface area contributed by atoms with Crippen molar-refractivity contribution in [3.05, 3.63) is 0 Å². The van der Waals surface area contributed by atoms with E-state index in [1.807, 2.05) is 13.8 Å². The van der Waals surface area contributed by atoms with Gasteiger partial charge in [-0.1, -0.05) is 13.8 Å². The van der Waals surface area contributed by atoms with Gasteiger partial charge in [-0.05, 0) is 5.92 Å². The molecule has 11 heavy (non-hydrogen) atoms. The highest BCUT2D eigenvalue weighted by Gasteiger charge is 2.59.